The number of fused-ring (bicyclic) bond motifs is 1. The zero-order chi connectivity index (χ0) is 12.5. The van der Waals surface area contributed by atoms with Gasteiger partial charge in [0.25, 0.3) is 0 Å². The Hall–Kier alpha value is -2.22. The largest absolute Gasteiger partial charge is 0.218 e. The van der Waals surface area contributed by atoms with E-state index in [1.54, 1.807) is 12.1 Å². The van der Waals surface area contributed by atoms with Crippen LogP contribution in [0.4, 0.5) is 4.39 Å². The molecular formula is C16H13FN+. The van der Waals surface area contributed by atoms with E-state index in [2.05, 4.69) is 29.7 Å². The van der Waals surface area contributed by atoms with Crippen molar-refractivity contribution in [2.75, 3.05) is 0 Å². The molecule has 0 saturated carbocycles. The van der Waals surface area contributed by atoms with Crippen LogP contribution < -0.4 is 4.57 Å². The summed E-state index contributed by atoms with van der Waals surface area (Å²) in [4.78, 5) is 0. The quantitative estimate of drug-likeness (QED) is 0.571. The second-order valence-electron chi connectivity index (χ2n) is 4.36. The molecule has 1 heterocycles. The molecule has 18 heavy (non-hydrogen) atoms. The summed E-state index contributed by atoms with van der Waals surface area (Å²) < 4.78 is 15.0. The van der Waals surface area contributed by atoms with Gasteiger partial charge in [0.2, 0.25) is 11.2 Å². The normalized spacial score (nSPS) is 10.8. The molecule has 0 bridgehead atoms. The molecule has 0 fully saturated rings. The Balaban J connectivity index is 2.30. The molecule has 0 N–H and O–H groups in total. The molecule has 3 aromatic rings. The highest BCUT2D eigenvalue weighted by Crippen LogP contribution is 2.15. The van der Waals surface area contributed by atoms with Crippen molar-refractivity contribution in [3.63, 3.8) is 0 Å². The first kappa shape index (κ1) is 10.9. The lowest BCUT2D eigenvalue weighted by Crippen LogP contribution is -2.31. The van der Waals surface area contributed by atoms with Gasteiger partial charge in [0.05, 0.1) is 0 Å². The monoisotopic (exact) mass is 238 g/mol. The summed E-state index contributed by atoms with van der Waals surface area (Å²) in [7, 11) is 0. The van der Waals surface area contributed by atoms with Crippen LogP contribution in [0.5, 0.6) is 0 Å². The molecule has 0 spiro atoms. The number of halogens is 1. The van der Waals surface area contributed by atoms with E-state index in [-0.39, 0.29) is 5.82 Å². The predicted octanol–water partition coefficient (Wildman–Crippen LogP) is 3.56. The third-order valence-electron chi connectivity index (χ3n) is 3.17. The van der Waals surface area contributed by atoms with E-state index >= 15 is 0 Å². The van der Waals surface area contributed by atoms with Crippen LogP contribution in [0.25, 0.3) is 16.6 Å². The van der Waals surface area contributed by atoms with Crippen LogP contribution in [0.2, 0.25) is 0 Å². The number of para-hydroxylation sites is 1. The molecule has 2 heteroatoms. The molecule has 0 amide bonds. The number of hydrogen-bond donors (Lipinski definition) is 0. The maximum Gasteiger partial charge on any atom is 0.218 e. The highest BCUT2D eigenvalue weighted by Gasteiger charge is 2.12. The lowest BCUT2D eigenvalue weighted by molar-refractivity contribution is -0.567. The van der Waals surface area contributed by atoms with Crippen molar-refractivity contribution in [1.82, 2.24) is 0 Å². The van der Waals surface area contributed by atoms with Gasteiger partial charge in [-0.05, 0) is 30.7 Å². The van der Waals surface area contributed by atoms with Gasteiger partial charge in [0.15, 0.2) is 6.20 Å². The van der Waals surface area contributed by atoms with Crippen LogP contribution in [0.3, 0.4) is 0 Å². The Morgan fingerprint density at radius 1 is 0.889 bits per heavy atom. The average Bonchev–Trinajstić information content (AvgIpc) is 2.41. The number of aromatic nitrogens is 1. The standard InChI is InChI=1S/C16H13FN/c1-12-10-11-18(14-8-6-13(17)7-9-14)16-5-3-2-4-15(12)16/h2-11H,1H3/q+1. The van der Waals surface area contributed by atoms with E-state index < -0.39 is 0 Å². The maximum absolute atomic E-state index is 13.0. The molecule has 0 unspecified atom stereocenters. The Morgan fingerprint density at radius 2 is 1.61 bits per heavy atom. The summed E-state index contributed by atoms with van der Waals surface area (Å²) in [6, 6.07) is 16.8. The molecule has 0 radical (unpaired) electrons. The van der Waals surface area contributed by atoms with Gasteiger partial charge in [0.1, 0.15) is 5.82 Å². The lowest BCUT2D eigenvalue weighted by atomic mass is 10.1. The summed E-state index contributed by atoms with van der Waals surface area (Å²) in [5, 5.41) is 1.21. The SMILES string of the molecule is Cc1cc[n+](-c2ccc(F)cc2)c2ccccc12. The van der Waals surface area contributed by atoms with E-state index in [0.29, 0.717) is 0 Å². The topological polar surface area (TPSA) is 3.88 Å². The molecule has 0 saturated heterocycles. The first-order chi connectivity index (χ1) is 8.75. The van der Waals surface area contributed by atoms with E-state index in [1.807, 2.05) is 18.3 Å². The number of rotatable bonds is 1. The van der Waals surface area contributed by atoms with Gasteiger partial charge < -0.3 is 0 Å². The van der Waals surface area contributed by atoms with E-state index in [1.165, 1.54) is 23.1 Å². The van der Waals surface area contributed by atoms with Crippen molar-refractivity contribution in [3.05, 3.63) is 72.2 Å². The summed E-state index contributed by atoms with van der Waals surface area (Å²) in [5.41, 5.74) is 3.33. The van der Waals surface area contributed by atoms with Crippen LogP contribution in [-0.2, 0) is 0 Å². The second kappa shape index (κ2) is 4.22. The number of aryl methyl sites for hydroxylation is 1. The molecule has 0 aliphatic heterocycles. The molecule has 0 aliphatic carbocycles. The van der Waals surface area contributed by atoms with Gasteiger partial charge in [-0.15, -0.1) is 0 Å². The van der Waals surface area contributed by atoms with Gasteiger partial charge in [-0.2, -0.15) is 4.57 Å². The molecule has 2 aromatic carbocycles. The minimum Gasteiger partial charge on any atom is -0.207 e. The van der Waals surface area contributed by atoms with E-state index in [4.69, 9.17) is 0 Å². The van der Waals surface area contributed by atoms with Gasteiger partial charge in [-0.1, -0.05) is 12.1 Å². The minimum absolute atomic E-state index is 0.212. The lowest BCUT2D eigenvalue weighted by Gasteiger charge is -2.02. The second-order valence-corrected chi connectivity index (χ2v) is 4.36. The smallest absolute Gasteiger partial charge is 0.207 e. The first-order valence-electron chi connectivity index (χ1n) is 5.92. The highest BCUT2D eigenvalue weighted by molar-refractivity contribution is 5.79. The van der Waals surface area contributed by atoms with E-state index in [0.717, 1.165) is 11.2 Å². The minimum atomic E-state index is -0.212. The van der Waals surface area contributed by atoms with Crippen molar-refractivity contribution in [2.24, 2.45) is 0 Å². The van der Waals surface area contributed by atoms with Gasteiger partial charge >= 0.3 is 0 Å². The van der Waals surface area contributed by atoms with Gasteiger partial charge in [0, 0.05) is 29.7 Å². The van der Waals surface area contributed by atoms with Crippen LogP contribution in [0.1, 0.15) is 5.56 Å². The zero-order valence-corrected chi connectivity index (χ0v) is 10.1. The molecule has 88 valence electrons. The van der Waals surface area contributed by atoms with E-state index in [9.17, 15) is 4.39 Å². The van der Waals surface area contributed by atoms with Crippen molar-refractivity contribution in [2.45, 2.75) is 6.92 Å². The number of hydrogen-bond acceptors (Lipinski definition) is 0. The van der Waals surface area contributed by atoms with Crippen LogP contribution in [0.15, 0.2) is 60.8 Å². The number of pyridine rings is 1. The van der Waals surface area contributed by atoms with Crippen LogP contribution in [0, 0.1) is 12.7 Å². The van der Waals surface area contributed by atoms with Crippen molar-refractivity contribution < 1.29 is 8.96 Å². The van der Waals surface area contributed by atoms with Gasteiger partial charge in [-0.25, -0.2) is 4.39 Å². The van der Waals surface area contributed by atoms with Crippen molar-refractivity contribution in [1.29, 1.82) is 0 Å². The van der Waals surface area contributed by atoms with Gasteiger partial charge in [-0.3, -0.25) is 0 Å². The maximum atomic E-state index is 13.0. The molecule has 1 nitrogen and oxygen atoms in total. The highest BCUT2D eigenvalue weighted by atomic mass is 19.1. The number of benzene rings is 2. The fourth-order valence-corrected chi connectivity index (χ4v) is 2.20. The summed E-state index contributed by atoms with van der Waals surface area (Å²) in [6.45, 7) is 2.09. The molecule has 3 rings (SSSR count). The summed E-state index contributed by atoms with van der Waals surface area (Å²) in [6.07, 6.45) is 2.02. The van der Waals surface area contributed by atoms with Crippen LogP contribution >= 0.6 is 0 Å². The zero-order valence-electron chi connectivity index (χ0n) is 10.1. The van der Waals surface area contributed by atoms with Crippen LogP contribution in [-0.4, -0.2) is 0 Å². The third-order valence-corrected chi connectivity index (χ3v) is 3.17. The molecule has 0 aliphatic rings. The molecule has 0 atom stereocenters. The Kier molecular flexibility index (Phi) is 2.56. The van der Waals surface area contributed by atoms with Crippen molar-refractivity contribution >= 4 is 10.9 Å². The fraction of sp³-hybridized carbons (Fsp3) is 0.0625. The Labute approximate surface area is 105 Å². The fourth-order valence-electron chi connectivity index (χ4n) is 2.20. The average molecular weight is 238 g/mol. The number of nitrogens with zero attached hydrogens (tertiary/aromatic N) is 1. The summed E-state index contributed by atoms with van der Waals surface area (Å²) >= 11 is 0. The molecule has 1 aromatic heterocycles. The molecular weight excluding hydrogens is 225 g/mol. The van der Waals surface area contributed by atoms with Crippen molar-refractivity contribution in [3.8, 4) is 5.69 Å². The summed E-state index contributed by atoms with van der Waals surface area (Å²) in [5.74, 6) is -0.212. The predicted molar refractivity (Wildman–Crippen MR) is 70.2 cm³/mol. The first-order valence-corrected chi connectivity index (χ1v) is 5.92. The third kappa shape index (κ3) is 1.76. The Morgan fingerprint density at radius 3 is 2.39 bits per heavy atom. The Bertz CT molecular complexity index is 702.